The van der Waals surface area contributed by atoms with Gasteiger partial charge >= 0.3 is 0 Å². The van der Waals surface area contributed by atoms with Gasteiger partial charge in [0, 0.05) is 13.6 Å². The van der Waals surface area contributed by atoms with Gasteiger partial charge < -0.3 is 10.2 Å². The summed E-state index contributed by atoms with van der Waals surface area (Å²) >= 11 is 1.37. The van der Waals surface area contributed by atoms with Crippen LogP contribution in [0.4, 0.5) is 0 Å². The molecule has 134 valence electrons. The van der Waals surface area contributed by atoms with E-state index in [0.29, 0.717) is 11.4 Å². The Labute approximate surface area is 153 Å². The summed E-state index contributed by atoms with van der Waals surface area (Å²) < 4.78 is 0. The predicted octanol–water partition coefficient (Wildman–Crippen LogP) is 3.72. The van der Waals surface area contributed by atoms with E-state index >= 15 is 0 Å². The molecule has 1 aromatic heterocycles. The Morgan fingerprint density at radius 3 is 2.28 bits per heavy atom. The number of thiophene rings is 1. The number of carbonyl (C=O) groups excluding carboxylic acids is 2. The van der Waals surface area contributed by atoms with E-state index in [1.165, 1.54) is 16.9 Å². The highest BCUT2D eigenvalue weighted by molar-refractivity contribution is 7.12. The van der Waals surface area contributed by atoms with Crippen LogP contribution in [0.3, 0.4) is 0 Å². The van der Waals surface area contributed by atoms with Gasteiger partial charge in [0.2, 0.25) is 5.91 Å². The molecule has 0 aliphatic rings. The summed E-state index contributed by atoms with van der Waals surface area (Å²) in [4.78, 5) is 27.4. The Morgan fingerprint density at radius 2 is 1.76 bits per heavy atom. The van der Waals surface area contributed by atoms with Crippen molar-refractivity contribution in [3.8, 4) is 0 Å². The lowest BCUT2D eigenvalue weighted by Gasteiger charge is -2.27. The minimum Gasteiger partial charge on any atom is -0.340 e. The fourth-order valence-electron chi connectivity index (χ4n) is 2.60. The Morgan fingerprint density at radius 1 is 1.12 bits per heavy atom. The predicted molar refractivity (Wildman–Crippen MR) is 103 cm³/mol. The standard InChI is InChI=1S/C20H26N2O2S/c1-5-15-8-10-16(11-9-15)13-22(4)20(24)18(14(2)3)21-19(23)17-7-6-12-25-17/h6-12,14,18H,5,13H2,1-4H3,(H,21,23)/t18-/m1/s1. The number of benzene rings is 1. The molecule has 1 atom stereocenters. The molecule has 0 spiro atoms. The van der Waals surface area contributed by atoms with Gasteiger partial charge in [-0.1, -0.05) is 51.1 Å². The van der Waals surface area contributed by atoms with Crippen molar-refractivity contribution in [1.82, 2.24) is 10.2 Å². The van der Waals surface area contributed by atoms with Gasteiger partial charge in [-0.25, -0.2) is 0 Å². The lowest BCUT2D eigenvalue weighted by atomic mass is 10.0. The van der Waals surface area contributed by atoms with E-state index in [1.54, 1.807) is 18.0 Å². The van der Waals surface area contributed by atoms with Gasteiger partial charge in [-0.2, -0.15) is 0 Å². The molecule has 0 radical (unpaired) electrons. The van der Waals surface area contributed by atoms with Gasteiger partial charge in [0.15, 0.2) is 0 Å². The van der Waals surface area contributed by atoms with Crippen LogP contribution < -0.4 is 5.32 Å². The molecule has 2 amide bonds. The second-order valence-corrected chi connectivity index (χ2v) is 7.48. The van der Waals surface area contributed by atoms with E-state index in [1.807, 2.05) is 25.3 Å². The lowest BCUT2D eigenvalue weighted by molar-refractivity contribution is -0.133. The zero-order valence-electron chi connectivity index (χ0n) is 15.3. The average Bonchev–Trinajstić information content (AvgIpc) is 3.14. The highest BCUT2D eigenvalue weighted by Gasteiger charge is 2.27. The monoisotopic (exact) mass is 358 g/mol. The van der Waals surface area contributed by atoms with Gasteiger partial charge in [-0.3, -0.25) is 9.59 Å². The maximum atomic E-state index is 12.8. The zero-order valence-corrected chi connectivity index (χ0v) is 16.1. The van der Waals surface area contributed by atoms with Crippen LogP contribution in [0, 0.1) is 5.92 Å². The van der Waals surface area contributed by atoms with Crippen molar-refractivity contribution in [2.45, 2.75) is 39.8 Å². The third kappa shape index (κ3) is 5.16. The normalized spacial score (nSPS) is 12.0. The molecule has 0 bridgehead atoms. The van der Waals surface area contributed by atoms with Gasteiger partial charge in [0.1, 0.15) is 6.04 Å². The fourth-order valence-corrected chi connectivity index (χ4v) is 3.23. The van der Waals surface area contributed by atoms with Gasteiger partial charge in [0.05, 0.1) is 4.88 Å². The number of amides is 2. The quantitative estimate of drug-likeness (QED) is 0.820. The van der Waals surface area contributed by atoms with Crippen LogP contribution in [0.2, 0.25) is 0 Å². The molecule has 0 saturated carbocycles. The average molecular weight is 359 g/mol. The molecule has 25 heavy (non-hydrogen) atoms. The van der Waals surface area contributed by atoms with Crippen molar-refractivity contribution < 1.29 is 9.59 Å². The smallest absolute Gasteiger partial charge is 0.262 e. The molecule has 0 aliphatic heterocycles. The number of carbonyl (C=O) groups is 2. The molecule has 0 saturated heterocycles. The highest BCUT2D eigenvalue weighted by atomic mass is 32.1. The number of nitrogens with one attached hydrogen (secondary N) is 1. The lowest BCUT2D eigenvalue weighted by Crippen LogP contribution is -2.49. The first-order valence-corrected chi connectivity index (χ1v) is 9.47. The van der Waals surface area contributed by atoms with Crippen molar-refractivity contribution >= 4 is 23.2 Å². The van der Waals surface area contributed by atoms with Crippen LogP contribution in [-0.4, -0.2) is 29.8 Å². The van der Waals surface area contributed by atoms with Crippen molar-refractivity contribution in [1.29, 1.82) is 0 Å². The van der Waals surface area contributed by atoms with Crippen molar-refractivity contribution in [2.75, 3.05) is 7.05 Å². The van der Waals surface area contributed by atoms with Crippen molar-refractivity contribution in [3.63, 3.8) is 0 Å². The minimum atomic E-state index is -0.533. The number of hydrogen-bond donors (Lipinski definition) is 1. The first kappa shape index (κ1) is 19.2. The molecule has 5 heteroatoms. The number of rotatable bonds is 7. The maximum Gasteiger partial charge on any atom is 0.262 e. The molecule has 2 aromatic rings. The summed E-state index contributed by atoms with van der Waals surface area (Å²) in [5, 5.41) is 4.74. The molecule has 1 aromatic carbocycles. The molecule has 1 N–H and O–H groups in total. The second-order valence-electron chi connectivity index (χ2n) is 6.54. The van der Waals surface area contributed by atoms with Gasteiger partial charge in [-0.05, 0) is 34.9 Å². The Hall–Kier alpha value is -2.14. The Kier molecular flexibility index (Phi) is 6.76. The van der Waals surface area contributed by atoms with Crippen LogP contribution in [0.15, 0.2) is 41.8 Å². The van der Waals surface area contributed by atoms with E-state index in [9.17, 15) is 9.59 Å². The van der Waals surface area contributed by atoms with Crippen molar-refractivity contribution in [3.05, 3.63) is 57.8 Å². The Bertz CT molecular complexity index is 693. The number of aryl methyl sites for hydroxylation is 1. The van der Waals surface area contributed by atoms with E-state index in [2.05, 4.69) is 36.5 Å². The van der Waals surface area contributed by atoms with E-state index < -0.39 is 6.04 Å². The first-order valence-electron chi connectivity index (χ1n) is 8.59. The largest absolute Gasteiger partial charge is 0.340 e. The number of likely N-dealkylation sites (N-methyl/N-ethyl adjacent to an activating group) is 1. The maximum absolute atomic E-state index is 12.8. The molecule has 4 nitrogen and oxygen atoms in total. The van der Waals surface area contributed by atoms with Crippen LogP contribution in [-0.2, 0) is 17.8 Å². The van der Waals surface area contributed by atoms with Gasteiger partial charge in [0.25, 0.3) is 5.91 Å². The van der Waals surface area contributed by atoms with Crippen LogP contribution in [0.1, 0.15) is 41.6 Å². The summed E-state index contributed by atoms with van der Waals surface area (Å²) in [6.07, 6.45) is 0.999. The molecular weight excluding hydrogens is 332 g/mol. The van der Waals surface area contributed by atoms with E-state index in [4.69, 9.17) is 0 Å². The van der Waals surface area contributed by atoms with E-state index in [-0.39, 0.29) is 17.7 Å². The molecule has 0 fully saturated rings. The number of hydrogen-bond acceptors (Lipinski definition) is 3. The molecule has 0 unspecified atom stereocenters. The molecule has 0 aliphatic carbocycles. The third-order valence-corrected chi connectivity index (χ3v) is 5.06. The SMILES string of the molecule is CCc1ccc(CN(C)C(=O)[C@H](NC(=O)c2cccs2)C(C)C)cc1. The Balaban J connectivity index is 2.03. The molecule has 2 rings (SSSR count). The van der Waals surface area contributed by atoms with Crippen molar-refractivity contribution in [2.24, 2.45) is 5.92 Å². The third-order valence-electron chi connectivity index (χ3n) is 4.19. The highest BCUT2D eigenvalue weighted by Crippen LogP contribution is 2.13. The molecule has 1 heterocycles. The summed E-state index contributed by atoms with van der Waals surface area (Å²) in [5.74, 6) is -0.247. The fraction of sp³-hybridized carbons (Fsp3) is 0.400. The summed E-state index contributed by atoms with van der Waals surface area (Å²) in [6, 6.07) is 11.3. The summed E-state index contributed by atoms with van der Waals surface area (Å²) in [6.45, 7) is 6.54. The first-order chi connectivity index (χ1) is 11.9. The van der Waals surface area contributed by atoms with E-state index in [0.717, 1.165) is 12.0 Å². The van der Waals surface area contributed by atoms with Crippen LogP contribution in [0.5, 0.6) is 0 Å². The van der Waals surface area contributed by atoms with Gasteiger partial charge in [-0.15, -0.1) is 11.3 Å². The summed E-state index contributed by atoms with van der Waals surface area (Å²) in [5.41, 5.74) is 2.36. The summed E-state index contributed by atoms with van der Waals surface area (Å²) in [7, 11) is 1.78. The second kappa shape index (κ2) is 8.81. The zero-order chi connectivity index (χ0) is 18.4. The molecular formula is C20H26N2O2S. The minimum absolute atomic E-state index is 0.0151. The van der Waals surface area contributed by atoms with Crippen LogP contribution in [0.25, 0.3) is 0 Å². The number of nitrogens with zero attached hydrogens (tertiary/aromatic N) is 1. The topological polar surface area (TPSA) is 49.4 Å². The van der Waals surface area contributed by atoms with Crippen LogP contribution >= 0.6 is 11.3 Å².